The minimum absolute atomic E-state index is 0.0517. The fourth-order valence-corrected chi connectivity index (χ4v) is 1.82. The van der Waals surface area contributed by atoms with Crippen molar-refractivity contribution in [3.63, 3.8) is 0 Å². The van der Waals surface area contributed by atoms with Crippen molar-refractivity contribution in [2.75, 3.05) is 27.4 Å². The van der Waals surface area contributed by atoms with E-state index >= 15 is 0 Å². The lowest BCUT2D eigenvalue weighted by atomic mass is 10.1. The standard InChI is InChI=1S/C15H22N2O5/c1-15(20,10-21-2)9-17-14(19)13(18)16-8-11-6-4-5-7-12(11)22-3/h4-7,20H,8-10H2,1-3H3,(H,16,18)(H,17,19)/t15-/m0/s1. The van der Waals surface area contributed by atoms with E-state index in [1.54, 1.807) is 12.1 Å². The van der Waals surface area contributed by atoms with Crippen molar-refractivity contribution in [3.05, 3.63) is 29.8 Å². The molecule has 0 heterocycles. The number of carbonyl (C=O) groups excluding carboxylic acids is 2. The summed E-state index contributed by atoms with van der Waals surface area (Å²) in [7, 11) is 2.97. The van der Waals surface area contributed by atoms with Crippen LogP contribution in [0.15, 0.2) is 24.3 Å². The van der Waals surface area contributed by atoms with Gasteiger partial charge in [0.1, 0.15) is 11.4 Å². The topological polar surface area (TPSA) is 96.9 Å². The summed E-state index contributed by atoms with van der Waals surface area (Å²) in [5.41, 5.74) is -0.467. The van der Waals surface area contributed by atoms with Crippen molar-refractivity contribution in [1.29, 1.82) is 0 Å². The van der Waals surface area contributed by atoms with Crippen LogP contribution in [0, 0.1) is 0 Å². The molecular formula is C15H22N2O5. The van der Waals surface area contributed by atoms with Gasteiger partial charge in [0.05, 0.1) is 13.7 Å². The van der Waals surface area contributed by atoms with E-state index in [4.69, 9.17) is 9.47 Å². The molecule has 0 aromatic heterocycles. The Kier molecular flexibility index (Phi) is 6.81. The lowest BCUT2D eigenvalue weighted by molar-refractivity contribution is -0.140. The van der Waals surface area contributed by atoms with Gasteiger partial charge in [-0.3, -0.25) is 9.59 Å². The zero-order chi connectivity index (χ0) is 16.6. The maximum Gasteiger partial charge on any atom is 0.309 e. The minimum Gasteiger partial charge on any atom is -0.496 e. The molecule has 1 aromatic carbocycles. The number of hydrogen-bond donors (Lipinski definition) is 3. The molecule has 3 N–H and O–H groups in total. The number of nitrogens with one attached hydrogen (secondary N) is 2. The highest BCUT2D eigenvalue weighted by Gasteiger charge is 2.23. The molecule has 0 fully saturated rings. The van der Waals surface area contributed by atoms with E-state index in [1.807, 2.05) is 12.1 Å². The lowest BCUT2D eigenvalue weighted by Crippen LogP contribution is -2.48. The summed E-state index contributed by atoms with van der Waals surface area (Å²) in [4.78, 5) is 23.4. The van der Waals surface area contributed by atoms with E-state index in [2.05, 4.69) is 10.6 Å². The molecule has 22 heavy (non-hydrogen) atoms. The second-order valence-corrected chi connectivity index (χ2v) is 5.11. The highest BCUT2D eigenvalue weighted by atomic mass is 16.5. The highest BCUT2D eigenvalue weighted by molar-refractivity contribution is 6.35. The molecule has 0 saturated heterocycles. The Labute approximate surface area is 129 Å². The van der Waals surface area contributed by atoms with Crippen molar-refractivity contribution in [2.45, 2.75) is 19.1 Å². The third kappa shape index (κ3) is 5.71. The Morgan fingerprint density at radius 1 is 1.18 bits per heavy atom. The summed E-state index contributed by atoms with van der Waals surface area (Å²) in [6.07, 6.45) is 0. The maximum atomic E-state index is 11.7. The van der Waals surface area contributed by atoms with Gasteiger partial charge < -0.3 is 25.2 Å². The van der Waals surface area contributed by atoms with Gasteiger partial charge in [-0.2, -0.15) is 0 Å². The average molecular weight is 310 g/mol. The van der Waals surface area contributed by atoms with E-state index in [9.17, 15) is 14.7 Å². The first-order valence-corrected chi connectivity index (χ1v) is 6.79. The van der Waals surface area contributed by atoms with Crippen LogP contribution in [-0.4, -0.2) is 49.9 Å². The van der Waals surface area contributed by atoms with Crippen LogP contribution in [0.2, 0.25) is 0 Å². The number of benzene rings is 1. The van der Waals surface area contributed by atoms with Crippen LogP contribution >= 0.6 is 0 Å². The van der Waals surface area contributed by atoms with Crippen molar-refractivity contribution < 1.29 is 24.2 Å². The molecule has 7 nitrogen and oxygen atoms in total. The summed E-state index contributed by atoms with van der Waals surface area (Å²) >= 11 is 0. The van der Waals surface area contributed by atoms with Gasteiger partial charge in [0.2, 0.25) is 0 Å². The Bertz CT molecular complexity index is 516. The first-order valence-electron chi connectivity index (χ1n) is 6.79. The molecule has 1 rings (SSSR count). The van der Waals surface area contributed by atoms with Crippen molar-refractivity contribution in [2.24, 2.45) is 0 Å². The molecule has 1 atom stereocenters. The molecule has 0 bridgehead atoms. The van der Waals surface area contributed by atoms with Gasteiger partial charge in [-0.1, -0.05) is 18.2 Å². The van der Waals surface area contributed by atoms with Crippen molar-refractivity contribution >= 4 is 11.8 Å². The van der Waals surface area contributed by atoms with Crippen molar-refractivity contribution in [3.8, 4) is 5.75 Å². The Hall–Kier alpha value is -2.12. The second kappa shape index (κ2) is 8.35. The molecule has 0 aliphatic heterocycles. The molecule has 0 saturated carbocycles. The Morgan fingerprint density at radius 3 is 2.45 bits per heavy atom. The Balaban J connectivity index is 2.46. The fourth-order valence-electron chi connectivity index (χ4n) is 1.82. The fraction of sp³-hybridized carbons (Fsp3) is 0.467. The number of amides is 2. The summed E-state index contributed by atoms with van der Waals surface area (Å²) in [5, 5.41) is 14.7. The number of para-hydroxylation sites is 1. The van der Waals surface area contributed by atoms with Gasteiger partial charge in [-0.15, -0.1) is 0 Å². The first-order chi connectivity index (χ1) is 10.4. The molecule has 0 unspecified atom stereocenters. The molecule has 0 radical (unpaired) electrons. The molecular weight excluding hydrogens is 288 g/mol. The van der Waals surface area contributed by atoms with Gasteiger partial charge in [0, 0.05) is 25.8 Å². The van der Waals surface area contributed by atoms with E-state index in [0.717, 1.165) is 5.56 Å². The minimum atomic E-state index is -1.23. The average Bonchev–Trinajstić information content (AvgIpc) is 2.50. The molecule has 0 aliphatic rings. The predicted octanol–water partition coefficient (Wildman–Crippen LogP) is -0.175. The van der Waals surface area contributed by atoms with Crippen LogP contribution in [-0.2, 0) is 20.9 Å². The Morgan fingerprint density at radius 2 is 1.82 bits per heavy atom. The molecule has 1 aromatic rings. The number of hydrogen-bond acceptors (Lipinski definition) is 5. The number of rotatable bonds is 7. The van der Waals surface area contributed by atoms with Crippen LogP contribution in [0.3, 0.4) is 0 Å². The van der Waals surface area contributed by atoms with Crippen molar-refractivity contribution in [1.82, 2.24) is 10.6 Å². The molecule has 0 spiro atoms. The normalized spacial score (nSPS) is 13.1. The lowest BCUT2D eigenvalue weighted by Gasteiger charge is -2.22. The van der Waals surface area contributed by atoms with E-state index in [1.165, 1.54) is 21.1 Å². The number of carbonyl (C=O) groups is 2. The largest absolute Gasteiger partial charge is 0.496 e. The van der Waals surface area contributed by atoms with E-state index < -0.39 is 17.4 Å². The van der Waals surface area contributed by atoms with Crippen LogP contribution in [0.4, 0.5) is 0 Å². The number of ether oxygens (including phenoxy) is 2. The molecule has 2 amide bonds. The van der Waals surface area contributed by atoms with Gasteiger partial charge in [0.25, 0.3) is 0 Å². The number of methoxy groups -OCH3 is 2. The molecule has 122 valence electrons. The highest BCUT2D eigenvalue weighted by Crippen LogP contribution is 2.16. The van der Waals surface area contributed by atoms with Gasteiger partial charge in [0.15, 0.2) is 0 Å². The third-order valence-corrected chi connectivity index (χ3v) is 2.92. The monoisotopic (exact) mass is 310 g/mol. The predicted molar refractivity (Wildman–Crippen MR) is 80.4 cm³/mol. The zero-order valence-electron chi connectivity index (χ0n) is 13.0. The number of aliphatic hydroxyl groups is 1. The van der Waals surface area contributed by atoms with Crippen LogP contribution < -0.4 is 15.4 Å². The smallest absolute Gasteiger partial charge is 0.309 e. The van der Waals surface area contributed by atoms with E-state index in [0.29, 0.717) is 5.75 Å². The zero-order valence-corrected chi connectivity index (χ0v) is 13.0. The first kappa shape index (κ1) is 17.9. The summed E-state index contributed by atoms with van der Waals surface area (Å²) in [5.74, 6) is -0.961. The van der Waals surface area contributed by atoms with Gasteiger partial charge in [-0.25, -0.2) is 0 Å². The maximum absolute atomic E-state index is 11.7. The quantitative estimate of drug-likeness (QED) is 0.607. The SMILES string of the molecule is COC[C@@](C)(O)CNC(=O)C(=O)NCc1ccccc1OC. The summed E-state index contributed by atoms with van der Waals surface area (Å²) in [6, 6.07) is 7.19. The summed E-state index contributed by atoms with van der Waals surface area (Å²) < 4.78 is 9.97. The van der Waals surface area contributed by atoms with Gasteiger partial charge in [-0.05, 0) is 13.0 Å². The van der Waals surface area contributed by atoms with Crippen LogP contribution in [0.1, 0.15) is 12.5 Å². The second-order valence-electron chi connectivity index (χ2n) is 5.11. The van der Waals surface area contributed by atoms with Gasteiger partial charge >= 0.3 is 11.8 Å². The summed E-state index contributed by atoms with van der Waals surface area (Å²) in [6.45, 7) is 1.64. The molecule has 7 heteroatoms. The van der Waals surface area contributed by atoms with E-state index in [-0.39, 0.29) is 19.7 Å². The third-order valence-electron chi connectivity index (χ3n) is 2.92. The van der Waals surface area contributed by atoms with Crippen LogP contribution in [0.5, 0.6) is 5.75 Å². The van der Waals surface area contributed by atoms with Crippen LogP contribution in [0.25, 0.3) is 0 Å². The molecule has 0 aliphatic carbocycles.